The number of hydrogen-bond donors (Lipinski definition) is 1. The van der Waals surface area contributed by atoms with E-state index in [0.29, 0.717) is 16.4 Å². The van der Waals surface area contributed by atoms with Crippen LogP contribution in [-0.2, 0) is 0 Å². The molecule has 94 valence electrons. The van der Waals surface area contributed by atoms with Gasteiger partial charge >= 0.3 is 0 Å². The molecule has 1 aromatic carbocycles. The van der Waals surface area contributed by atoms with Gasteiger partial charge in [-0.05, 0) is 31.0 Å². The zero-order valence-corrected chi connectivity index (χ0v) is 12.9. The molecule has 0 unspecified atom stereocenters. The van der Waals surface area contributed by atoms with Gasteiger partial charge in [-0.2, -0.15) is 0 Å². The van der Waals surface area contributed by atoms with E-state index in [1.165, 1.54) is 0 Å². The molecule has 0 saturated heterocycles. The van der Waals surface area contributed by atoms with E-state index in [2.05, 4.69) is 42.4 Å². The van der Waals surface area contributed by atoms with Crippen molar-refractivity contribution in [2.75, 3.05) is 13.1 Å². The van der Waals surface area contributed by atoms with Crippen LogP contribution in [0.2, 0.25) is 0 Å². The average Bonchev–Trinajstić information content (AvgIpc) is 2.24. The quantitative estimate of drug-likeness (QED) is 0.837. The van der Waals surface area contributed by atoms with Gasteiger partial charge < -0.3 is 4.90 Å². The highest BCUT2D eigenvalue weighted by Gasteiger charge is 2.17. The van der Waals surface area contributed by atoms with Crippen molar-refractivity contribution in [3.63, 3.8) is 0 Å². The van der Waals surface area contributed by atoms with E-state index in [1.807, 2.05) is 30.0 Å². The van der Waals surface area contributed by atoms with Crippen LogP contribution in [0.3, 0.4) is 0 Å². The fraction of sp³-hybridized carbons (Fsp3) is 0.462. The lowest BCUT2D eigenvalue weighted by atomic mass is 10.1. The molecule has 0 heterocycles. The predicted octanol–water partition coefficient (Wildman–Crippen LogP) is 3.86. The summed E-state index contributed by atoms with van der Waals surface area (Å²) in [4.78, 5) is 14.9. The van der Waals surface area contributed by atoms with Gasteiger partial charge in [0.15, 0.2) is 0 Å². The first-order chi connectivity index (χ1) is 7.95. The number of thiol groups is 1. The summed E-state index contributed by atoms with van der Waals surface area (Å²) in [5.74, 6) is 0.524. The SMILES string of the molecule is CCN(CC(C)C)C(=O)c1ccc(Br)cc1S. The van der Waals surface area contributed by atoms with Gasteiger partial charge in [-0.3, -0.25) is 4.79 Å². The molecule has 1 rings (SSSR count). The minimum atomic E-state index is 0.0544. The van der Waals surface area contributed by atoms with Crippen molar-refractivity contribution >= 4 is 34.5 Å². The van der Waals surface area contributed by atoms with Gasteiger partial charge in [-0.1, -0.05) is 29.8 Å². The maximum absolute atomic E-state index is 12.3. The molecule has 1 amide bonds. The van der Waals surface area contributed by atoms with E-state index in [-0.39, 0.29) is 5.91 Å². The van der Waals surface area contributed by atoms with Gasteiger partial charge in [0, 0.05) is 22.5 Å². The Kier molecular flexibility index (Phi) is 5.53. The lowest BCUT2D eigenvalue weighted by Crippen LogP contribution is -2.34. The van der Waals surface area contributed by atoms with Gasteiger partial charge in [-0.15, -0.1) is 12.6 Å². The normalized spacial score (nSPS) is 10.7. The third-order valence-corrected chi connectivity index (χ3v) is 3.31. The van der Waals surface area contributed by atoms with Crippen LogP contribution in [0.4, 0.5) is 0 Å². The zero-order valence-electron chi connectivity index (χ0n) is 10.4. The van der Waals surface area contributed by atoms with Crippen molar-refractivity contribution in [3.05, 3.63) is 28.2 Å². The third kappa shape index (κ3) is 4.03. The van der Waals surface area contributed by atoms with Crippen molar-refractivity contribution in [3.8, 4) is 0 Å². The minimum Gasteiger partial charge on any atom is -0.339 e. The lowest BCUT2D eigenvalue weighted by molar-refractivity contribution is 0.0742. The summed E-state index contributed by atoms with van der Waals surface area (Å²) in [5, 5.41) is 0. The average molecular weight is 316 g/mol. The van der Waals surface area contributed by atoms with E-state index in [1.54, 1.807) is 0 Å². The summed E-state index contributed by atoms with van der Waals surface area (Å²) in [7, 11) is 0. The number of amides is 1. The summed E-state index contributed by atoms with van der Waals surface area (Å²) in [6.45, 7) is 7.72. The Morgan fingerprint density at radius 3 is 2.59 bits per heavy atom. The number of hydrogen-bond acceptors (Lipinski definition) is 2. The Labute approximate surface area is 117 Å². The largest absolute Gasteiger partial charge is 0.339 e. The molecular weight excluding hydrogens is 298 g/mol. The second-order valence-corrected chi connectivity index (χ2v) is 5.80. The third-order valence-electron chi connectivity index (χ3n) is 2.44. The molecule has 0 aliphatic rings. The van der Waals surface area contributed by atoms with Crippen LogP contribution < -0.4 is 0 Å². The van der Waals surface area contributed by atoms with Gasteiger partial charge in [0.25, 0.3) is 5.91 Å². The smallest absolute Gasteiger partial charge is 0.254 e. The predicted molar refractivity (Wildman–Crippen MR) is 77.8 cm³/mol. The highest BCUT2D eigenvalue weighted by atomic mass is 79.9. The number of halogens is 1. The molecule has 0 N–H and O–H groups in total. The number of carbonyl (C=O) groups is 1. The van der Waals surface area contributed by atoms with Crippen molar-refractivity contribution in [2.45, 2.75) is 25.7 Å². The van der Waals surface area contributed by atoms with Crippen molar-refractivity contribution < 1.29 is 4.79 Å². The summed E-state index contributed by atoms with van der Waals surface area (Å²) >= 11 is 7.72. The highest BCUT2D eigenvalue weighted by molar-refractivity contribution is 9.10. The first kappa shape index (κ1) is 14.6. The molecule has 0 fully saturated rings. The van der Waals surface area contributed by atoms with Crippen LogP contribution in [0.5, 0.6) is 0 Å². The van der Waals surface area contributed by atoms with Crippen LogP contribution in [-0.4, -0.2) is 23.9 Å². The topological polar surface area (TPSA) is 20.3 Å². The molecule has 0 bridgehead atoms. The standard InChI is InChI=1S/C13H18BrNOS/c1-4-15(8-9(2)3)13(16)11-6-5-10(14)7-12(11)17/h5-7,9,17H,4,8H2,1-3H3. The van der Waals surface area contributed by atoms with Crippen molar-refractivity contribution in [1.82, 2.24) is 4.90 Å². The summed E-state index contributed by atoms with van der Waals surface area (Å²) in [5.41, 5.74) is 0.666. The Morgan fingerprint density at radius 2 is 2.12 bits per heavy atom. The molecule has 0 atom stereocenters. The van der Waals surface area contributed by atoms with E-state index in [4.69, 9.17) is 0 Å². The van der Waals surface area contributed by atoms with Crippen LogP contribution >= 0.6 is 28.6 Å². The first-order valence-corrected chi connectivity index (χ1v) is 6.97. The van der Waals surface area contributed by atoms with Crippen molar-refractivity contribution in [2.24, 2.45) is 5.92 Å². The molecule has 0 aliphatic heterocycles. The van der Waals surface area contributed by atoms with E-state index in [0.717, 1.165) is 17.6 Å². The molecular formula is C13H18BrNOS. The molecule has 0 spiro atoms. The first-order valence-electron chi connectivity index (χ1n) is 5.73. The minimum absolute atomic E-state index is 0.0544. The molecule has 2 nitrogen and oxygen atoms in total. The van der Waals surface area contributed by atoms with Crippen LogP contribution in [0.15, 0.2) is 27.6 Å². The van der Waals surface area contributed by atoms with Gasteiger partial charge in [-0.25, -0.2) is 0 Å². The van der Waals surface area contributed by atoms with E-state index >= 15 is 0 Å². The lowest BCUT2D eigenvalue weighted by Gasteiger charge is -2.23. The zero-order chi connectivity index (χ0) is 13.0. The molecule has 0 aliphatic carbocycles. The molecule has 0 radical (unpaired) electrons. The molecule has 0 saturated carbocycles. The Bertz CT molecular complexity index is 406. The Hall–Kier alpha value is -0.480. The maximum Gasteiger partial charge on any atom is 0.254 e. The number of rotatable bonds is 4. The Morgan fingerprint density at radius 1 is 1.47 bits per heavy atom. The van der Waals surface area contributed by atoms with E-state index in [9.17, 15) is 4.79 Å². The van der Waals surface area contributed by atoms with E-state index < -0.39 is 0 Å². The summed E-state index contributed by atoms with van der Waals surface area (Å²) < 4.78 is 0.936. The van der Waals surface area contributed by atoms with Gasteiger partial charge in [0.2, 0.25) is 0 Å². The van der Waals surface area contributed by atoms with Crippen molar-refractivity contribution in [1.29, 1.82) is 0 Å². The van der Waals surface area contributed by atoms with Crippen LogP contribution in [0.1, 0.15) is 31.1 Å². The second-order valence-electron chi connectivity index (χ2n) is 4.40. The second kappa shape index (κ2) is 6.45. The number of nitrogens with zero attached hydrogens (tertiary/aromatic N) is 1. The monoisotopic (exact) mass is 315 g/mol. The fourth-order valence-corrected chi connectivity index (χ4v) is 2.50. The summed E-state index contributed by atoms with van der Waals surface area (Å²) in [6, 6.07) is 5.54. The molecule has 17 heavy (non-hydrogen) atoms. The molecule has 1 aromatic rings. The Balaban J connectivity index is 2.93. The van der Waals surface area contributed by atoms with Crippen LogP contribution in [0, 0.1) is 5.92 Å². The fourth-order valence-electron chi connectivity index (χ4n) is 1.65. The highest BCUT2D eigenvalue weighted by Crippen LogP contribution is 2.21. The summed E-state index contributed by atoms with van der Waals surface area (Å²) in [6.07, 6.45) is 0. The number of benzene rings is 1. The van der Waals surface area contributed by atoms with Gasteiger partial charge in [0.05, 0.1) is 5.56 Å². The number of carbonyl (C=O) groups excluding carboxylic acids is 1. The maximum atomic E-state index is 12.3. The molecule has 4 heteroatoms. The molecule has 0 aromatic heterocycles. The van der Waals surface area contributed by atoms with Crippen LogP contribution in [0.25, 0.3) is 0 Å². The van der Waals surface area contributed by atoms with Gasteiger partial charge in [0.1, 0.15) is 0 Å².